The topological polar surface area (TPSA) is 43.4 Å². The van der Waals surface area contributed by atoms with Crippen LogP contribution in [0, 0.1) is 11.8 Å². The van der Waals surface area contributed by atoms with E-state index in [0.29, 0.717) is 30.5 Å². The van der Waals surface area contributed by atoms with Crippen molar-refractivity contribution in [2.45, 2.75) is 38.7 Å². The highest BCUT2D eigenvalue weighted by molar-refractivity contribution is 5.81. The van der Waals surface area contributed by atoms with Crippen LogP contribution in [0.25, 0.3) is 0 Å². The number of ether oxygens (including phenoxy) is 1. The smallest absolute Gasteiger partial charge is 0.302 e. The Labute approximate surface area is 77.4 Å². The van der Waals surface area contributed by atoms with Crippen molar-refractivity contribution in [1.29, 1.82) is 0 Å². The highest BCUT2D eigenvalue weighted by Gasteiger charge is 2.42. The van der Waals surface area contributed by atoms with Gasteiger partial charge in [-0.3, -0.25) is 9.59 Å². The molecule has 3 nitrogen and oxygen atoms in total. The first kappa shape index (κ1) is 8.73. The summed E-state index contributed by atoms with van der Waals surface area (Å²) in [5.41, 5.74) is 0. The minimum atomic E-state index is -0.198. The van der Waals surface area contributed by atoms with E-state index in [1.54, 1.807) is 0 Å². The Morgan fingerprint density at radius 1 is 1.31 bits per heavy atom. The van der Waals surface area contributed by atoms with Crippen LogP contribution < -0.4 is 0 Å². The van der Waals surface area contributed by atoms with Crippen molar-refractivity contribution in [1.82, 2.24) is 0 Å². The average molecular weight is 182 g/mol. The molecular weight excluding hydrogens is 168 g/mol. The number of Topliss-reactive ketones (excluding diaryl/α,β-unsaturated/α-hetero) is 1. The Bertz CT molecular complexity index is 231. The molecular formula is C10H14O3. The lowest BCUT2D eigenvalue weighted by atomic mass is 10.0. The number of carbonyl (C=O) groups is 2. The summed E-state index contributed by atoms with van der Waals surface area (Å²) in [5.74, 6) is 1.18. The molecule has 0 heterocycles. The molecule has 3 heteroatoms. The van der Waals surface area contributed by atoms with Gasteiger partial charge in [0.2, 0.25) is 0 Å². The molecule has 0 N–H and O–H groups in total. The van der Waals surface area contributed by atoms with Gasteiger partial charge in [-0.1, -0.05) is 0 Å². The third kappa shape index (κ3) is 1.74. The van der Waals surface area contributed by atoms with E-state index in [-0.39, 0.29) is 12.1 Å². The minimum Gasteiger partial charge on any atom is -0.463 e. The van der Waals surface area contributed by atoms with E-state index in [0.717, 1.165) is 12.8 Å². The first-order valence-corrected chi connectivity index (χ1v) is 4.84. The summed E-state index contributed by atoms with van der Waals surface area (Å²) in [6, 6.07) is 0. The largest absolute Gasteiger partial charge is 0.463 e. The lowest BCUT2D eigenvalue weighted by molar-refractivity contribution is -0.146. The highest BCUT2D eigenvalue weighted by atomic mass is 16.5. The zero-order valence-corrected chi connectivity index (χ0v) is 7.79. The van der Waals surface area contributed by atoms with E-state index in [2.05, 4.69) is 0 Å². The van der Waals surface area contributed by atoms with E-state index in [4.69, 9.17) is 4.74 Å². The van der Waals surface area contributed by atoms with Gasteiger partial charge in [0.05, 0.1) is 0 Å². The molecule has 0 aromatic carbocycles. The third-order valence-corrected chi connectivity index (χ3v) is 3.11. The Balaban J connectivity index is 1.90. The predicted octanol–water partition coefficient (Wildman–Crippen LogP) is 1.31. The Hall–Kier alpha value is -0.860. The van der Waals surface area contributed by atoms with E-state index < -0.39 is 0 Å². The van der Waals surface area contributed by atoms with Crippen LogP contribution in [0.5, 0.6) is 0 Å². The van der Waals surface area contributed by atoms with E-state index in [9.17, 15) is 9.59 Å². The van der Waals surface area contributed by atoms with Crippen molar-refractivity contribution in [3.05, 3.63) is 0 Å². The van der Waals surface area contributed by atoms with Gasteiger partial charge in [-0.2, -0.15) is 0 Å². The van der Waals surface area contributed by atoms with Crippen LogP contribution in [0.3, 0.4) is 0 Å². The molecule has 0 aromatic rings. The van der Waals surface area contributed by atoms with Gasteiger partial charge in [-0.15, -0.1) is 0 Å². The number of rotatable bonds is 1. The molecule has 0 bridgehead atoms. The standard InChI is InChI=1S/C10H14O3/c1-6(11)13-10-4-7-2-9(12)3-8(7)5-10/h7-8,10H,2-5H2,1H3. The van der Waals surface area contributed by atoms with Gasteiger partial charge in [0, 0.05) is 19.8 Å². The molecule has 2 aliphatic rings. The number of fused-ring (bicyclic) bond motifs is 1. The second-order valence-electron chi connectivity index (χ2n) is 4.17. The highest BCUT2D eigenvalue weighted by Crippen LogP contribution is 2.43. The fourth-order valence-corrected chi connectivity index (χ4v) is 2.66. The van der Waals surface area contributed by atoms with Crippen molar-refractivity contribution in [3.8, 4) is 0 Å². The van der Waals surface area contributed by atoms with E-state index >= 15 is 0 Å². The molecule has 0 aliphatic heterocycles. The monoisotopic (exact) mass is 182 g/mol. The molecule has 2 unspecified atom stereocenters. The average Bonchev–Trinajstić information content (AvgIpc) is 2.41. The van der Waals surface area contributed by atoms with Gasteiger partial charge >= 0.3 is 5.97 Å². The number of hydrogen-bond donors (Lipinski definition) is 0. The van der Waals surface area contributed by atoms with Gasteiger partial charge in [0.1, 0.15) is 11.9 Å². The molecule has 0 amide bonds. The summed E-state index contributed by atoms with van der Waals surface area (Å²) in [4.78, 5) is 21.8. The van der Waals surface area contributed by atoms with Crippen LogP contribution in [0.15, 0.2) is 0 Å². The van der Waals surface area contributed by atoms with Crippen molar-refractivity contribution in [2.75, 3.05) is 0 Å². The second-order valence-corrected chi connectivity index (χ2v) is 4.17. The van der Waals surface area contributed by atoms with Gasteiger partial charge in [-0.25, -0.2) is 0 Å². The third-order valence-electron chi connectivity index (χ3n) is 3.11. The molecule has 2 rings (SSSR count). The Kier molecular flexibility index (Phi) is 2.10. The lowest BCUT2D eigenvalue weighted by Gasteiger charge is -2.10. The van der Waals surface area contributed by atoms with Crippen molar-refractivity contribution in [3.63, 3.8) is 0 Å². The molecule has 13 heavy (non-hydrogen) atoms. The fourth-order valence-electron chi connectivity index (χ4n) is 2.66. The minimum absolute atomic E-state index is 0.0839. The Morgan fingerprint density at radius 3 is 2.31 bits per heavy atom. The van der Waals surface area contributed by atoms with Crippen molar-refractivity contribution >= 4 is 11.8 Å². The number of esters is 1. The molecule has 72 valence electrons. The van der Waals surface area contributed by atoms with E-state index in [1.807, 2.05) is 0 Å². The maximum atomic E-state index is 11.1. The zero-order valence-electron chi connectivity index (χ0n) is 7.79. The SMILES string of the molecule is CC(=O)OC1CC2CC(=O)CC2C1. The first-order chi connectivity index (χ1) is 6.15. The summed E-state index contributed by atoms with van der Waals surface area (Å²) < 4.78 is 5.13. The first-order valence-electron chi connectivity index (χ1n) is 4.84. The van der Waals surface area contributed by atoms with Crippen LogP contribution in [0.2, 0.25) is 0 Å². The maximum absolute atomic E-state index is 11.1. The number of hydrogen-bond acceptors (Lipinski definition) is 3. The zero-order chi connectivity index (χ0) is 9.42. The molecule has 2 aliphatic carbocycles. The van der Waals surface area contributed by atoms with Crippen LogP contribution in [0.4, 0.5) is 0 Å². The number of carbonyl (C=O) groups excluding carboxylic acids is 2. The molecule has 2 atom stereocenters. The molecule has 2 fully saturated rings. The van der Waals surface area contributed by atoms with Crippen LogP contribution in [-0.2, 0) is 14.3 Å². The van der Waals surface area contributed by atoms with Crippen molar-refractivity contribution in [2.24, 2.45) is 11.8 Å². The molecule has 0 radical (unpaired) electrons. The summed E-state index contributed by atoms with van der Waals surface area (Å²) in [7, 11) is 0. The normalized spacial score (nSPS) is 37.6. The fraction of sp³-hybridized carbons (Fsp3) is 0.800. The van der Waals surface area contributed by atoms with Gasteiger partial charge < -0.3 is 4.74 Å². The van der Waals surface area contributed by atoms with Gasteiger partial charge in [-0.05, 0) is 24.7 Å². The van der Waals surface area contributed by atoms with E-state index in [1.165, 1.54) is 6.92 Å². The molecule has 0 spiro atoms. The quantitative estimate of drug-likeness (QED) is 0.574. The molecule has 2 saturated carbocycles. The van der Waals surface area contributed by atoms with Crippen LogP contribution >= 0.6 is 0 Å². The van der Waals surface area contributed by atoms with Gasteiger partial charge in [0.25, 0.3) is 0 Å². The number of ketones is 1. The lowest BCUT2D eigenvalue weighted by Crippen LogP contribution is -2.13. The van der Waals surface area contributed by atoms with Gasteiger partial charge in [0.15, 0.2) is 0 Å². The predicted molar refractivity (Wildman–Crippen MR) is 46.0 cm³/mol. The van der Waals surface area contributed by atoms with Crippen LogP contribution in [-0.4, -0.2) is 17.9 Å². The van der Waals surface area contributed by atoms with Crippen LogP contribution in [0.1, 0.15) is 32.6 Å². The molecule has 0 aromatic heterocycles. The molecule has 0 saturated heterocycles. The van der Waals surface area contributed by atoms with Crippen molar-refractivity contribution < 1.29 is 14.3 Å². The summed E-state index contributed by atoms with van der Waals surface area (Å²) in [5, 5.41) is 0. The Morgan fingerprint density at radius 2 is 1.85 bits per heavy atom. The second kappa shape index (κ2) is 3.13. The summed E-state index contributed by atoms with van der Waals surface area (Å²) >= 11 is 0. The maximum Gasteiger partial charge on any atom is 0.302 e. The summed E-state index contributed by atoms with van der Waals surface area (Å²) in [6.07, 6.45) is 3.30. The summed E-state index contributed by atoms with van der Waals surface area (Å²) in [6.45, 7) is 1.44.